The summed E-state index contributed by atoms with van der Waals surface area (Å²) in [6.45, 7) is 1.22. The Morgan fingerprint density at radius 3 is 2.90 bits per heavy atom. The van der Waals surface area contributed by atoms with E-state index in [1.807, 2.05) is 30.3 Å². The molecule has 4 rings (SSSR count). The fraction of sp³-hybridized carbons (Fsp3) is 0.300. The maximum Gasteiger partial charge on any atom is 0.274 e. The van der Waals surface area contributed by atoms with Gasteiger partial charge >= 0.3 is 0 Å². The molecule has 0 saturated carbocycles. The van der Waals surface area contributed by atoms with E-state index in [9.17, 15) is 4.79 Å². The molecule has 0 unspecified atom stereocenters. The minimum absolute atomic E-state index is 0.0656. The monoisotopic (exact) mass is 394 g/mol. The normalized spacial score (nSPS) is 18.7. The molecule has 29 heavy (non-hydrogen) atoms. The summed E-state index contributed by atoms with van der Waals surface area (Å²) in [6.07, 6.45) is 4.71. The Labute approximate surface area is 167 Å². The van der Waals surface area contributed by atoms with Gasteiger partial charge in [0, 0.05) is 18.8 Å². The molecule has 3 N–H and O–H groups in total. The van der Waals surface area contributed by atoms with Crippen LogP contribution in [-0.4, -0.2) is 51.0 Å². The van der Waals surface area contributed by atoms with E-state index in [0.717, 1.165) is 11.1 Å². The molecule has 0 radical (unpaired) electrons. The van der Waals surface area contributed by atoms with E-state index in [4.69, 9.17) is 15.2 Å². The zero-order chi connectivity index (χ0) is 20.2. The van der Waals surface area contributed by atoms with Crippen LogP contribution in [0, 0.1) is 0 Å². The Morgan fingerprint density at radius 1 is 1.31 bits per heavy atom. The number of nitrogens with one attached hydrogen (secondary N) is 1. The number of amides is 1. The Kier molecular flexibility index (Phi) is 5.50. The van der Waals surface area contributed by atoms with Crippen molar-refractivity contribution in [3.8, 4) is 11.3 Å². The second kappa shape index (κ2) is 8.38. The van der Waals surface area contributed by atoms with E-state index in [0.29, 0.717) is 25.5 Å². The van der Waals surface area contributed by atoms with Crippen LogP contribution in [-0.2, 0) is 23.1 Å². The van der Waals surface area contributed by atoms with E-state index in [2.05, 4.69) is 20.4 Å². The molecule has 1 amide bonds. The maximum absolute atomic E-state index is 12.8. The number of aryl methyl sites for hydroxylation is 1. The molecule has 3 heterocycles. The van der Waals surface area contributed by atoms with Crippen molar-refractivity contribution in [2.75, 3.05) is 18.9 Å². The molecule has 1 saturated heterocycles. The summed E-state index contributed by atoms with van der Waals surface area (Å²) in [7, 11) is 1.80. The largest absolute Gasteiger partial charge is 0.382 e. The van der Waals surface area contributed by atoms with Gasteiger partial charge in [0.1, 0.15) is 6.10 Å². The standard InChI is InChI=1S/C20H22N6O3/c1-26-9-14(7-23-26)15-8-22-19(21)18(24-15)20(27)25-16-11-28-12-17(16)29-10-13-5-3-2-4-6-13/h2-9,16-17H,10-12H2,1H3,(H2,21,22)(H,25,27)/t16-,17+/m1/s1. The number of nitrogens with two attached hydrogens (primary N) is 1. The molecular formula is C20H22N6O3. The molecule has 3 aromatic rings. The number of nitrogen functional groups attached to an aromatic ring is 1. The van der Waals surface area contributed by atoms with E-state index in [1.54, 1.807) is 24.1 Å². The van der Waals surface area contributed by atoms with E-state index >= 15 is 0 Å². The molecule has 0 spiro atoms. The minimum atomic E-state index is -0.412. The molecule has 9 nitrogen and oxygen atoms in total. The smallest absolute Gasteiger partial charge is 0.274 e. The molecule has 2 aromatic heterocycles. The Hall–Kier alpha value is -3.30. The summed E-state index contributed by atoms with van der Waals surface area (Å²) < 4.78 is 13.1. The van der Waals surface area contributed by atoms with E-state index < -0.39 is 5.91 Å². The van der Waals surface area contributed by atoms with Crippen molar-refractivity contribution in [2.45, 2.75) is 18.8 Å². The van der Waals surface area contributed by atoms with Gasteiger partial charge in [-0.1, -0.05) is 30.3 Å². The van der Waals surface area contributed by atoms with Crippen molar-refractivity contribution in [1.29, 1.82) is 0 Å². The number of rotatable bonds is 6. The fourth-order valence-corrected chi connectivity index (χ4v) is 3.11. The molecular weight excluding hydrogens is 372 g/mol. The first-order chi connectivity index (χ1) is 14.1. The predicted molar refractivity (Wildman–Crippen MR) is 106 cm³/mol. The summed E-state index contributed by atoms with van der Waals surface area (Å²) in [5.41, 5.74) is 8.31. The van der Waals surface area contributed by atoms with Gasteiger partial charge in [0.2, 0.25) is 0 Å². The maximum atomic E-state index is 12.8. The van der Waals surface area contributed by atoms with Crippen LogP contribution in [0.3, 0.4) is 0 Å². The molecule has 1 fully saturated rings. The lowest BCUT2D eigenvalue weighted by Gasteiger charge is -2.20. The number of aromatic nitrogens is 4. The summed E-state index contributed by atoms with van der Waals surface area (Å²) in [5.74, 6) is -0.347. The zero-order valence-corrected chi connectivity index (χ0v) is 16.0. The van der Waals surface area contributed by atoms with Crippen molar-refractivity contribution in [3.63, 3.8) is 0 Å². The van der Waals surface area contributed by atoms with Crippen LogP contribution in [0.2, 0.25) is 0 Å². The van der Waals surface area contributed by atoms with Crippen molar-refractivity contribution in [3.05, 3.63) is 60.2 Å². The number of nitrogens with zero attached hydrogens (tertiary/aromatic N) is 4. The van der Waals surface area contributed by atoms with Gasteiger partial charge in [-0.05, 0) is 5.56 Å². The summed E-state index contributed by atoms with van der Waals surface area (Å²) in [6, 6.07) is 9.55. The molecule has 0 bridgehead atoms. The van der Waals surface area contributed by atoms with Gasteiger partial charge in [-0.3, -0.25) is 9.48 Å². The van der Waals surface area contributed by atoms with Gasteiger partial charge in [0.15, 0.2) is 11.5 Å². The first kappa shape index (κ1) is 19.0. The lowest BCUT2D eigenvalue weighted by atomic mass is 10.2. The van der Waals surface area contributed by atoms with Gasteiger partial charge in [0.05, 0.1) is 44.0 Å². The third-order valence-electron chi connectivity index (χ3n) is 4.67. The van der Waals surface area contributed by atoms with Gasteiger partial charge in [0.25, 0.3) is 5.91 Å². The molecule has 150 valence electrons. The predicted octanol–water partition coefficient (Wildman–Crippen LogP) is 1.17. The van der Waals surface area contributed by atoms with Gasteiger partial charge in [-0.25, -0.2) is 9.97 Å². The van der Waals surface area contributed by atoms with Crippen molar-refractivity contribution in [2.24, 2.45) is 7.05 Å². The quantitative estimate of drug-likeness (QED) is 0.644. The van der Waals surface area contributed by atoms with Gasteiger partial charge < -0.3 is 20.5 Å². The fourth-order valence-electron chi connectivity index (χ4n) is 3.11. The first-order valence-electron chi connectivity index (χ1n) is 9.26. The molecule has 1 aliphatic rings. The molecule has 9 heteroatoms. The van der Waals surface area contributed by atoms with Crippen LogP contribution in [0.4, 0.5) is 5.82 Å². The molecule has 1 aliphatic heterocycles. The highest BCUT2D eigenvalue weighted by atomic mass is 16.5. The zero-order valence-electron chi connectivity index (χ0n) is 16.0. The van der Waals surface area contributed by atoms with E-state index in [-0.39, 0.29) is 23.7 Å². The Balaban J connectivity index is 1.44. The topological polar surface area (TPSA) is 117 Å². The summed E-state index contributed by atoms with van der Waals surface area (Å²) in [4.78, 5) is 21.3. The van der Waals surface area contributed by atoms with Crippen LogP contribution in [0.25, 0.3) is 11.3 Å². The third-order valence-corrected chi connectivity index (χ3v) is 4.67. The second-order valence-corrected chi connectivity index (χ2v) is 6.84. The van der Waals surface area contributed by atoms with Crippen LogP contribution < -0.4 is 11.1 Å². The lowest BCUT2D eigenvalue weighted by molar-refractivity contribution is 0.0218. The van der Waals surface area contributed by atoms with Crippen LogP contribution in [0.15, 0.2) is 48.9 Å². The number of ether oxygens (including phenoxy) is 2. The average molecular weight is 394 g/mol. The van der Waals surface area contributed by atoms with Crippen molar-refractivity contribution in [1.82, 2.24) is 25.1 Å². The molecule has 0 aliphatic carbocycles. The number of hydrogen-bond acceptors (Lipinski definition) is 7. The van der Waals surface area contributed by atoms with Gasteiger partial charge in [-0.2, -0.15) is 5.10 Å². The highest BCUT2D eigenvalue weighted by Crippen LogP contribution is 2.19. The van der Waals surface area contributed by atoms with Crippen molar-refractivity contribution < 1.29 is 14.3 Å². The van der Waals surface area contributed by atoms with Crippen LogP contribution in [0.1, 0.15) is 16.1 Å². The number of benzene rings is 1. The second-order valence-electron chi connectivity index (χ2n) is 6.84. The molecule has 2 atom stereocenters. The molecule has 1 aromatic carbocycles. The minimum Gasteiger partial charge on any atom is -0.382 e. The summed E-state index contributed by atoms with van der Waals surface area (Å²) in [5, 5.41) is 7.03. The lowest BCUT2D eigenvalue weighted by Crippen LogP contribution is -2.44. The van der Waals surface area contributed by atoms with Gasteiger partial charge in [-0.15, -0.1) is 0 Å². The van der Waals surface area contributed by atoms with Crippen molar-refractivity contribution >= 4 is 11.7 Å². The van der Waals surface area contributed by atoms with E-state index in [1.165, 1.54) is 6.20 Å². The number of anilines is 1. The number of carbonyl (C=O) groups excluding carboxylic acids is 1. The summed E-state index contributed by atoms with van der Waals surface area (Å²) >= 11 is 0. The number of hydrogen-bond donors (Lipinski definition) is 2. The average Bonchev–Trinajstić information content (AvgIpc) is 3.36. The number of carbonyl (C=O) groups is 1. The van der Waals surface area contributed by atoms with Crippen LogP contribution in [0.5, 0.6) is 0 Å². The highest BCUT2D eigenvalue weighted by Gasteiger charge is 2.31. The third kappa shape index (κ3) is 4.41. The van der Waals surface area contributed by atoms with Crippen LogP contribution >= 0.6 is 0 Å². The highest BCUT2D eigenvalue weighted by molar-refractivity contribution is 5.97. The SMILES string of the molecule is Cn1cc(-c2cnc(N)c(C(=O)N[C@@H]3COC[C@@H]3OCc3ccccc3)n2)cn1. The first-order valence-corrected chi connectivity index (χ1v) is 9.26. The Morgan fingerprint density at radius 2 is 2.14 bits per heavy atom. The Bertz CT molecular complexity index is 991.